The van der Waals surface area contributed by atoms with Crippen LogP contribution in [0.2, 0.25) is 5.02 Å². The molecule has 82 valence electrons. The Bertz CT molecular complexity index is 380. The van der Waals surface area contributed by atoms with Gasteiger partial charge in [0.25, 0.3) is 0 Å². The Kier molecular flexibility index (Phi) is 4.03. The molecule has 0 unspecified atom stereocenters. The molecule has 0 bridgehead atoms. The van der Waals surface area contributed by atoms with Crippen LogP contribution in [0.5, 0.6) is 0 Å². The van der Waals surface area contributed by atoms with Gasteiger partial charge in [-0.2, -0.15) is 0 Å². The van der Waals surface area contributed by atoms with Gasteiger partial charge in [0, 0.05) is 12.0 Å². The Morgan fingerprint density at radius 1 is 1.33 bits per heavy atom. The number of benzene rings is 1. The van der Waals surface area contributed by atoms with E-state index in [9.17, 15) is 13.6 Å². The maximum atomic E-state index is 13.2. The lowest BCUT2D eigenvalue weighted by atomic mass is 10.1. The van der Waals surface area contributed by atoms with Crippen molar-refractivity contribution in [1.29, 1.82) is 0 Å². The number of halogens is 3. The van der Waals surface area contributed by atoms with E-state index in [1.807, 2.05) is 0 Å². The SMILES string of the molecule is O=C(O)CCCc1c(F)ccc(F)c1Cl. The number of hydrogen-bond acceptors (Lipinski definition) is 1. The van der Waals surface area contributed by atoms with E-state index in [0.29, 0.717) is 0 Å². The van der Waals surface area contributed by atoms with Crippen LogP contribution in [0.15, 0.2) is 12.1 Å². The van der Waals surface area contributed by atoms with Crippen molar-refractivity contribution in [3.05, 3.63) is 34.4 Å². The van der Waals surface area contributed by atoms with Crippen molar-refractivity contribution in [3.63, 3.8) is 0 Å². The topological polar surface area (TPSA) is 37.3 Å². The maximum absolute atomic E-state index is 13.2. The van der Waals surface area contributed by atoms with Crippen molar-refractivity contribution >= 4 is 17.6 Å². The van der Waals surface area contributed by atoms with Crippen LogP contribution >= 0.6 is 11.6 Å². The van der Waals surface area contributed by atoms with Crippen LogP contribution in [0, 0.1) is 11.6 Å². The van der Waals surface area contributed by atoms with Gasteiger partial charge < -0.3 is 5.11 Å². The van der Waals surface area contributed by atoms with E-state index < -0.39 is 17.6 Å². The van der Waals surface area contributed by atoms with Gasteiger partial charge in [0.05, 0.1) is 5.02 Å². The Hall–Kier alpha value is -1.16. The Morgan fingerprint density at radius 2 is 1.93 bits per heavy atom. The minimum atomic E-state index is -0.970. The third kappa shape index (κ3) is 3.16. The minimum absolute atomic E-state index is 0.0397. The molecule has 5 heteroatoms. The van der Waals surface area contributed by atoms with Crippen molar-refractivity contribution in [1.82, 2.24) is 0 Å². The third-order valence-corrected chi connectivity index (χ3v) is 2.36. The van der Waals surface area contributed by atoms with Gasteiger partial charge in [-0.25, -0.2) is 8.78 Å². The average Bonchev–Trinajstić information content (AvgIpc) is 2.17. The second-order valence-electron chi connectivity index (χ2n) is 3.07. The van der Waals surface area contributed by atoms with Crippen molar-refractivity contribution in [2.45, 2.75) is 19.3 Å². The van der Waals surface area contributed by atoms with Crippen LogP contribution in [-0.4, -0.2) is 11.1 Å². The molecule has 0 aliphatic heterocycles. The first-order valence-electron chi connectivity index (χ1n) is 4.36. The molecule has 0 amide bonds. The molecule has 1 aromatic rings. The summed E-state index contributed by atoms with van der Waals surface area (Å²) in [4.78, 5) is 10.2. The first-order chi connectivity index (χ1) is 7.02. The van der Waals surface area contributed by atoms with Crippen molar-refractivity contribution in [2.75, 3.05) is 0 Å². The summed E-state index contributed by atoms with van der Waals surface area (Å²) in [6.07, 6.45) is 0.260. The van der Waals surface area contributed by atoms with Gasteiger partial charge in [-0.3, -0.25) is 4.79 Å². The fourth-order valence-electron chi connectivity index (χ4n) is 1.21. The van der Waals surface area contributed by atoms with E-state index in [-0.39, 0.29) is 29.8 Å². The van der Waals surface area contributed by atoms with Gasteiger partial charge in [0.15, 0.2) is 0 Å². The summed E-state index contributed by atoms with van der Waals surface area (Å²) in [5.41, 5.74) is 0.0397. The molecule has 0 saturated carbocycles. The molecule has 0 radical (unpaired) electrons. The summed E-state index contributed by atoms with van der Waals surface area (Å²) in [6.45, 7) is 0. The van der Waals surface area contributed by atoms with Gasteiger partial charge in [-0.05, 0) is 25.0 Å². The summed E-state index contributed by atoms with van der Waals surface area (Å²) >= 11 is 5.55. The summed E-state index contributed by atoms with van der Waals surface area (Å²) in [5, 5.41) is 8.12. The Morgan fingerprint density at radius 3 is 2.53 bits per heavy atom. The molecule has 2 nitrogen and oxygen atoms in total. The van der Waals surface area contributed by atoms with Crippen LogP contribution in [-0.2, 0) is 11.2 Å². The Balaban J connectivity index is 2.75. The normalized spacial score (nSPS) is 10.3. The van der Waals surface area contributed by atoms with Gasteiger partial charge >= 0.3 is 5.97 Å². The van der Waals surface area contributed by atoms with Gasteiger partial charge in [0.2, 0.25) is 0 Å². The highest BCUT2D eigenvalue weighted by Gasteiger charge is 2.11. The molecule has 0 heterocycles. The zero-order valence-corrected chi connectivity index (χ0v) is 8.52. The summed E-state index contributed by atoms with van der Waals surface area (Å²) in [6, 6.07) is 1.93. The summed E-state index contributed by atoms with van der Waals surface area (Å²) in [7, 11) is 0. The zero-order valence-electron chi connectivity index (χ0n) is 7.77. The highest BCUT2D eigenvalue weighted by molar-refractivity contribution is 6.31. The summed E-state index contributed by atoms with van der Waals surface area (Å²) in [5.74, 6) is -2.27. The predicted octanol–water partition coefficient (Wildman–Crippen LogP) is 3.03. The lowest BCUT2D eigenvalue weighted by Crippen LogP contribution is -1.99. The van der Waals surface area contributed by atoms with Crippen LogP contribution < -0.4 is 0 Å². The maximum Gasteiger partial charge on any atom is 0.303 e. The molecular weight excluding hydrogens is 226 g/mol. The fourth-order valence-corrected chi connectivity index (χ4v) is 1.46. The first kappa shape index (κ1) is 11.9. The van der Waals surface area contributed by atoms with Crippen LogP contribution in [0.25, 0.3) is 0 Å². The lowest BCUT2D eigenvalue weighted by Gasteiger charge is -2.05. The number of aliphatic carboxylic acids is 1. The second-order valence-corrected chi connectivity index (χ2v) is 3.45. The van der Waals surface area contributed by atoms with Gasteiger partial charge in [-0.15, -0.1) is 0 Å². The molecule has 0 saturated heterocycles. The number of carbonyl (C=O) groups is 1. The molecule has 0 aromatic heterocycles. The molecule has 1 N–H and O–H groups in total. The summed E-state index contributed by atoms with van der Waals surface area (Å²) < 4.78 is 26.1. The van der Waals surface area contributed by atoms with Crippen LogP contribution in [0.4, 0.5) is 8.78 Å². The standard InChI is InChI=1S/C10H9ClF2O2/c11-10-6(2-1-3-9(14)15)7(12)4-5-8(10)13/h4-5H,1-3H2,(H,14,15). The van der Waals surface area contributed by atoms with E-state index >= 15 is 0 Å². The molecule has 0 fully saturated rings. The van der Waals surface area contributed by atoms with E-state index in [1.165, 1.54) is 0 Å². The van der Waals surface area contributed by atoms with E-state index in [2.05, 4.69) is 0 Å². The van der Waals surface area contributed by atoms with Crippen LogP contribution in [0.3, 0.4) is 0 Å². The number of carboxylic acid groups (broad SMARTS) is 1. The van der Waals surface area contributed by atoms with Gasteiger partial charge in [-0.1, -0.05) is 11.6 Å². The highest BCUT2D eigenvalue weighted by atomic mass is 35.5. The quantitative estimate of drug-likeness (QED) is 0.813. The number of carboxylic acids is 1. The smallest absolute Gasteiger partial charge is 0.303 e. The van der Waals surface area contributed by atoms with Crippen molar-refractivity contribution < 1.29 is 18.7 Å². The molecule has 1 rings (SSSR count). The Labute approximate surface area is 90.5 Å². The lowest BCUT2D eigenvalue weighted by molar-refractivity contribution is -0.137. The monoisotopic (exact) mass is 234 g/mol. The minimum Gasteiger partial charge on any atom is -0.481 e. The molecule has 0 aliphatic carbocycles. The van der Waals surface area contributed by atoms with Crippen molar-refractivity contribution in [2.24, 2.45) is 0 Å². The molecule has 1 aromatic carbocycles. The second kappa shape index (κ2) is 5.07. The van der Waals surface area contributed by atoms with Crippen LogP contribution in [0.1, 0.15) is 18.4 Å². The van der Waals surface area contributed by atoms with Crippen molar-refractivity contribution in [3.8, 4) is 0 Å². The van der Waals surface area contributed by atoms with E-state index in [0.717, 1.165) is 12.1 Å². The number of hydrogen-bond donors (Lipinski definition) is 1. The first-order valence-corrected chi connectivity index (χ1v) is 4.74. The molecule has 0 aliphatic rings. The molecule has 0 spiro atoms. The highest BCUT2D eigenvalue weighted by Crippen LogP contribution is 2.24. The average molecular weight is 235 g/mol. The molecular formula is C10H9ClF2O2. The third-order valence-electron chi connectivity index (χ3n) is 1.96. The largest absolute Gasteiger partial charge is 0.481 e. The predicted molar refractivity (Wildman–Crippen MR) is 51.9 cm³/mol. The zero-order chi connectivity index (χ0) is 11.4. The molecule has 0 atom stereocenters. The number of rotatable bonds is 4. The van der Waals surface area contributed by atoms with Gasteiger partial charge in [0.1, 0.15) is 11.6 Å². The van der Waals surface area contributed by atoms with E-state index in [1.54, 1.807) is 0 Å². The fraction of sp³-hybridized carbons (Fsp3) is 0.300. The molecule has 15 heavy (non-hydrogen) atoms. The van der Waals surface area contributed by atoms with E-state index in [4.69, 9.17) is 16.7 Å².